The van der Waals surface area contributed by atoms with Gasteiger partial charge < -0.3 is 9.84 Å². The number of ether oxygens (including phenoxy) is 1. The summed E-state index contributed by atoms with van der Waals surface area (Å²) in [6.45, 7) is 0. The lowest BCUT2D eigenvalue weighted by Crippen LogP contribution is -2.20. The monoisotopic (exact) mass is 314 g/mol. The van der Waals surface area contributed by atoms with Crippen molar-refractivity contribution in [3.05, 3.63) is 71.3 Å². The van der Waals surface area contributed by atoms with Crippen molar-refractivity contribution in [1.82, 2.24) is 0 Å². The topological polar surface area (TPSA) is 63.6 Å². The van der Waals surface area contributed by atoms with Crippen LogP contribution < -0.4 is 0 Å². The standard InChI is InChI=1S/C17H14O4S/c18-15(19)14(10-11-6-2-1-3-7-11)22-17-13-9-5-4-8-12(13)16(20)21-17/h1-9,14,17H,10H2,(H,18,19)/t14-,17+/m1/s1. The van der Waals surface area contributed by atoms with Crippen LogP contribution in [0.4, 0.5) is 0 Å². The van der Waals surface area contributed by atoms with Gasteiger partial charge in [0.25, 0.3) is 0 Å². The third-order valence-corrected chi connectivity index (χ3v) is 4.77. The van der Waals surface area contributed by atoms with Crippen molar-refractivity contribution in [2.24, 2.45) is 0 Å². The second kappa shape index (κ2) is 6.23. The molecule has 0 radical (unpaired) electrons. The largest absolute Gasteiger partial charge is 0.480 e. The van der Waals surface area contributed by atoms with Crippen molar-refractivity contribution in [3.8, 4) is 0 Å². The van der Waals surface area contributed by atoms with E-state index in [9.17, 15) is 14.7 Å². The molecule has 2 aromatic rings. The van der Waals surface area contributed by atoms with E-state index in [1.807, 2.05) is 36.4 Å². The van der Waals surface area contributed by atoms with Gasteiger partial charge in [-0.25, -0.2) is 4.79 Å². The fraction of sp³-hybridized carbons (Fsp3) is 0.176. The summed E-state index contributed by atoms with van der Waals surface area (Å²) < 4.78 is 5.31. The van der Waals surface area contributed by atoms with E-state index in [-0.39, 0.29) is 0 Å². The summed E-state index contributed by atoms with van der Waals surface area (Å²) in [6, 6.07) is 16.5. The van der Waals surface area contributed by atoms with Gasteiger partial charge in [0.1, 0.15) is 5.25 Å². The number of carbonyl (C=O) groups excluding carboxylic acids is 1. The van der Waals surface area contributed by atoms with Crippen molar-refractivity contribution in [1.29, 1.82) is 0 Å². The summed E-state index contributed by atoms with van der Waals surface area (Å²) >= 11 is 1.16. The number of fused-ring (bicyclic) bond motifs is 1. The molecule has 2 aromatic carbocycles. The van der Waals surface area contributed by atoms with Gasteiger partial charge in [0.15, 0.2) is 5.44 Å². The lowest BCUT2D eigenvalue weighted by atomic mass is 10.1. The Hall–Kier alpha value is -2.27. The highest BCUT2D eigenvalue weighted by molar-refractivity contribution is 8.00. The Labute approximate surface area is 132 Å². The van der Waals surface area contributed by atoms with E-state index >= 15 is 0 Å². The van der Waals surface area contributed by atoms with Crippen LogP contribution in [-0.2, 0) is 16.0 Å². The Morgan fingerprint density at radius 2 is 1.82 bits per heavy atom. The molecular formula is C17H14O4S. The molecule has 0 aromatic heterocycles. The van der Waals surface area contributed by atoms with E-state index in [2.05, 4.69) is 0 Å². The molecule has 22 heavy (non-hydrogen) atoms. The predicted octanol–water partition coefficient (Wildman–Crippen LogP) is 3.28. The van der Waals surface area contributed by atoms with E-state index in [0.29, 0.717) is 12.0 Å². The molecule has 0 spiro atoms. The fourth-order valence-electron chi connectivity index (χ4n) is 2.38. The smallest absolute Gasteiger partial charge is 0.340 e. The molecule has 0 saturated carbocycles. The highest BCUT2D eigenvalue weighted by atomic mass is 32.2. The SMILES string of the molecule is O=C1O[C@@H](S[C@H](Cc2ccccc2)C(=O)O)c2ccccc21. The van der Waals surface area contributed by atoms with Gasteiger partial charge in [-0.15, -0.1) is 0 Å². The number of carbonyl (C=O) groups is 2. The minimum atomic E-state index is -0.908. The maximum atomic E-state index is 11.8. The maximum Gasteiger partial charge on any atom is 0.340 e. The molecule has 2 atom stereocenters. The van der Waals surface area contributed by atoms with Crippen LogP contribution in [0.25, 0.3) is 0 Å². The first kappa shape index (κ1) is 14.7. The van der Waals surface area contributed by atoms with E-state index in [0.717, 1.165) is 22.9 Å². The van der Waals surface area contributed by atoms with Crippen molar-refractivity contribution in [2.45, 2.75) is 17.1 Å². The molecule has 1 aliphatic heterocycles. The van der Waals surface area contributed by atoms with Gasteiger partial charge >= 0.3 is 11.9 Å². The third-order valence-electron chi connectivity index (χ3n) is 3.48. The summed E-state index contributed by atoms with van der Waals surface area (Å²) in [6.07, 6.45) is 0.386. The average molecular weight is 314 g/mol. The molecule has 0 aliphatic carbocycles. The minimum Gasteiger partial charge on any atom is -0.480 e. The molecule has 3 rings (SSSR count). The van der Waals surface area contributed by atoms with Crippen molar-refractivity contribution in [3.63, 3.8) is 0 Å². The number of carboxylic acid groups (broad SMARTS) is 1. The lowest BCUT2D eigenvalue weighted by Gasteiger charge is -2.17. The molecule has 0 saturated heterocycles. The van der Waals surface area contributed by atoms with E-state index in [1.165, 1.54) is 0 Å². The maximum absolute atomic E-state index is 11.8. The summed E-state index contributed by atoms with van der Waals surface area (Å²) in [5.74, 6) is -1.30. The first-order valence-electron chi connectivity index (χ1n) is 6.87. The Balaban J connectivity index is 1.78. The molecular weight excluding hydrogens is 300 g/mol. The van der Waals surface area contributed by atoms with E-state index < -0.39 is 22.6 Å². The summed E-state index contributed by atoms with van der Waals surface area (Å²) in [7, 11) is 0. The molecule has 0 amide bonds. The number of hydrogen-bond donors (Lipinski definition) is 1. The molecule has 0 unspecified atom stereocenters. The summed E-state index contributed by atoms with van der Waals surface area (Å²) in [5, 5.41) is 8.77. The van der Waals surface area contributed by atoms with Gasteiger partial charge in [0.05, 0.1) is 5.56 Å². The van der Waals surface area contributed by atoms with Crippen molar-refractivity contribution in [2.75, 3.05) is 0 Å². The van der Waals surface area contributed by atoms with Gasteiger partial charge in [0, 0.05) is 5.56 Å². The normalized spacial score (nSPS) is 17.6. The van der Waals surface area contributed by atoms with Gasteiger partial charge in [-0.05, 0) is 18.1 Å². The number of hydrogen-bond acceptors (Lipinski definition) is 4. The Bertz CT molecular complexity index is 699. The summed E-state index contributed by atoms with van der Waals surface area (Å²) in [4.78, 5) is 23.3. The first-order chi connectivity index (χ1) is 10.6. The van der Waals surface area contributed by atoms with E-state index in [1.54, 1.807) is 18.2 Å². The first-order valence-corrected chi connectivity index (χ1v) is 7.81. The van der Waals surface area contributed by atoms with Gasteiger partial charge in [-0.3, -0.25) is 4.79 Å². The third kappa shape index (κ3) is 2.99. The summed E-state index contributed by atoms with van der Waals surface area (Å²) in [5.41, 5.74) is 1.65. The van der Waals surface area contributed by atoms with Crippen LogP contribution in [0.1, 0.15) is 26.9 Å². The number of benzene rings is 2. The lowest BCUT2D eigenvalue weighted by molar-refractivity contribution is -0.136. The number of aliphatic carboxylic acids is 1. The molecule has 0 bridgehead atoms. The van der Waals surface area contributed by atoms with Crippen LogP contribution in [0, 0.1) is 0 Å². The van der Waals surface area contributed by atoms with Gasteiger partial charge in [0.2, 0.25) is 0 Å². The second-order valence-electron chi connectivity index (χ2n) is 4.98. The predicted molar refractivity (Wildman–Crippen MR) is 83.8 cm³/mol. The van der Waals surface area contributed by atoms with Crippen LogP contribution >= 0.6 is 11.8 Å². The van der Waals surface area contributed by atoms with E-state index in [4.69, 9.17) is 4.74 Å². The molecule has 5 heteroatoms. The highest BCUT2D eigenvalue weighted by Gasteiger charge is 2.34. The van der Waals surface area contributed by atoms with Gasteiger partial charge in [-0.1, -0.05) is 60.3 Å². The quantitative estimate of drug-likeness (QED) is 0.858. The number of cyclic esters (lactones) is 1. The molecule has 1 N–H and O–H groups in total. The van der Waals surface area contributed by atoms with Crippen molar-refractivity contribution >= 4 is 23.7 Å². The Morgan fingerprint density at radius 1 is 1.14 bits per heavy atom. The number of thioether (sulfide) groups is 1. The van der Waals surface area contributed by atoms with Crippen LogP contribution in [-0.4, -0.2) is 22.3 Å². The molecule has 112 valence electrons. The molecule has 1 heterocycles. The van der Waals surface area contributed by atoms with Gasteiger partial charge in [-0.2, -0.15) is 0 Å². The highest BCUT2D eigenvalue weighted by Crippen LogP contribution is 2.41. The van der Waals surface area contributed by atoms with Crippen LogP contribution in [0.3, 0.4) is 0 Å². The zero-order valence-electron chi connectivity index (χ0n) is 11.6. The zero-order valence-corrected chi connectivity index (χ0v) is 12.5. The molecule has 1 aliphatic rings. The Morgan fingerprint density at radius 3 is 2.55 bits per heavy atom. The average Bonchev–Trinajstić information content (AvgIpc) is 2.84. The molecule has 4 nitrogen and oxygen atoms in total. The fourth-order valence-corrected chi connectivity index (χ4v) is 3.58. The number of carboxylic acids is 1. The number of esters is 1. The molecule has 0 fully saturated rings. The van der Waals surface area contributed by atoms with Crippen molar-refractivity contribution < 1.29 is 19.4 Å². The second-order valence-corrected chi connectivity index (χ2v) is 6.25. The van der Waals surface area contributed by atoms with Crippen LogP contribution in [0.5, 0.6) is 0 Å². The zero-order chi connectivity index (χ0) is 15.5. The van der Waals surface area contributed by atoms with Crippen LogP contribution in [0.15, 0.2) is 54.6 Å². The Kier molecular flexibility index (Phi) is 4.15. The van der Waals surface area contributed by atoms with Crippen LogP contribution in [0.2, 0.25) is 0 Å². The number of rotatable bonds is 5. The minimum absolute atomic E-state index is 0.386.